The van der Waals surface area contributed by atoms with Crippen molar-refractivity contribution < 1.29 is 4.74 Å². The molecule has 0 aliphatic carbocycles. The molecule has 0 aromatic carbocycles. The third kappa shape index (κ3) is 2.19. The van der Waals surface area contributed by atoms with Gasteiger partial charge in [0.25, 0.3) is 0 Å². The molecule has 0 saturated carbocycles. The summed E-state index contributed by atoms with van der Waals surface area (Å²) in [6.07, 6.45) is 1.86. The van der Waals surface area contributed by atoms with E-state index < -0.39 is 0 Å². The highest BCUT2D eigenvalue weighted by Gasteiger charge is 2.29. The molecule has 1 aromatic rings. The van der Waals surface area contributed by atoms with E-state index in [4.69, 9.17) is 9.72 Å². The zero-order valence-electron chi connectivity index (χ0n) is 11.1. The van der Waals surface area contributed by atoms with Crippen molar-refractivity contribution in [3.05, 3.63) is 22.8 Å². The van der Waals surface area contributed by atoms with Crippen LogP contribution in [0.25, 0.3) is 0 Å². The van der Waals surface area contributed by atoms with Gasteiger partial charge in [0.05, 0.1) is 5.69 Å². The minimum Gasteiger partial charge on any atom is -0.371 e. The van der Waals surface area contributed by atoms with E-state index >= 15 is 0 Å². The molecule has 1 N–H and O–H groups in total. The Morgan fingerprint density at radius 1 is 1.41 bits per heavy atom. The first-order valence-electron chi connectivity index (χ1n) is 6.23. The molecule has 94 valence electrons. The van der Waals surface area contributed by atoms with Gasteiger partial charge in [-0.2, -0.15) is 0 Å². The molecule has 1 aliphatic heterocycles. The standard InChI is InChI=1S/C13H21N3O/c1-5-13(3,17-4)12-15-9(2)10-8-14-7-6-11(10)16-12/h14H,5-8H2,1-4H3. The first-order valence-corrected chi connectivity index (χ1v) is 6.23. The lowest BCUT2D eigenvalue weighted by atomic mass is 9.99. The Kier molecular flexibility index (Phi) is 3.45. The zero-order valence-corrected chi connectivity index (χ0v) is 11.1. The average Bonchev–Trinajstić information content (AvgIpc) is 2.38. The summed E-state index contributed by atoms with van der Waals surface area (Å²) in [5.74, 6) is 0.820. The Morgan fingerprint density at radius 3 is 2.82 bits per heavy atom. The van der Waals surface area contributed by atoms with Gasteiger partial charge < -0.3 is 10.1 Å². The predicted molar refractivity (Wildman–Crippen MR) is 66.8 cm³/mol. The number of nitrogens with one attached hydrogen (secondary N) is 1. The van der Waals surface area contributed by atoms with E-state index in [2.05, 4.69) is 31.1 Å². The van der Waals surface area contributed by atoms with E-state index in [1.54, 1.807) is 7.11 Å². The Morgan fingerprint density at radius 2 is 2.18 bits per heavy atom. The Balaban J connectivity index is 2.47. The molecule has 1 atom stereocenters. The van der Waals surface area contributed by atoms with Crippen molar-refractivity contribution in [2.45, 2.75) is 45.8 Å². The number of aryl methyl sites for hydroxylation is 1. The molecule has 1 aromatic heterocycles. The summed E-state index contributed by atoms with van der Waals surface area (Å²) in [7, 11) is 1.73. The van der Waals surface area contributed by atoms with Crippen LogP contribution < -0.4 is 5.32 Å². The number of aromatic nitrogens is 2. The highest BCUT2D eigenvalue weighted by Crippen LogP contribution is 2.27. The minimum atomic E-state index is -0.370. The lowest BCUT2D eigenvalue weighted by Crippen LogP contribution is -2.31. The van der Waals surface area contributed by atoms with E-state index in [0.29, 0.717) is 0 Å². The average molecular weight is 235 g/mol. The van der Waals surface area contributed by atoms with Crippen molar-refractivity contribution in [1.29, 1.82) is 0 Å². The summed E-state index contributed by atoms with van der Waals surface area (Å²) < 4.78 is 5.58. The second-order valence-corrected chi connectivity index (χ2v) is 4.77. The van der Waals surface area contributed by atoms with Crippen molar-refractivity contribution in [2.24, 2.45) is 0 Å². The third-order valence-corrected chi connectivity index (χ3v) is 3.74. The van der Waals surface area contributed by atoms with Crippen LogP contribution in [0.5, 0.6) is 0 Å². The molecule has 4 heteroatoms. The van der Waals surface area contributed by atoms with Crippen LogP contribution in [0.1, 0.15) is 43.0 Å². The summed E-state index contributed by atoms with van der Waals surface area (Å²) in [5.41, 5.74) is 3.15. The summed E-state index contributed by atoms with van der Waals surface area (Å²) in [5, 5.41) is 3.36. The monoisotopic (exact) mass is 235 g/mol. The van der Waals surface area contributed by atoms with Crippen molar-refractivity contribution in [3.63, 3.8) is 0 Å². The fourth-order valence-electron chi connectivity index (χ4n) is 2.14. The van der Waals surface area contributed by atoms with Crippen LogP contribution in [0.2, 0.25) is 0 Å². The van der Waals surface area contributed by atoms with E-state index in [1.807, 2.05) is 0 Å². The van der Waals surface area contributed by atoms with Gasteiger partial charge in [-0.1, -0.05) is 6.92 Å². The van der Waals surface area contributed by atoms with Gasteiger partial charge in [0, 0.05) is 37.9 Å². The molecule has 0 radical (unpaired) electrons. The summed E-state index contributed by atoms with van der Waals surface area (Å²) in [6, 6.07) is 0. The van der Waals surface area contributed by atoms with Gasteiger partial charge in [-0.25, -0.2) is 9.97 Å². The predicted octanol–water partition coefficient (Wildman–Crippen LogP) is 1.70. The van der Waals surface area contributed by atoms with E-state index in [9.17, 15) is 0 Å². The number of nitrogens with zero attached hydrogens (tertiary/aromatic N) is 2. The van der Waals surface area contributed by atoms with E-state index in [-0.39, 0.29) is 5.60 Å². The first-order chi connectivity index (χ1) is 8.10. The van der Waals surface area contributed by atoms with Crippen LogP contribution in [0.3, 0.4) is 0 Å². The number of rotatable bonds is 3. The Labute approximate surface area is 103 Å². The number of hydrogen-bond acceptors (Lipinski definition) is 4. The summed E-state index contributed by atoms with van der Waals surface area (Å²) in [6.45, 7) is 8.09. The van der Waals surface area contributed by atoms with Gasteiger partial charge in [-0.05, 0) is 20.3 Å². The van der Waals surface area contributed by atoms with Crippen LogP contribution in [0.4, 0.5) is 0 Å². The normalized spacial score (nSPS) is 18.6. The molecule has 2 rings (SSSR count). The van der Waals surface area contributed by atoms with Crippen molar-refractivity contribution >= 4 is 0 Å². The molecule has 4 nitrogen and oxygen atoms in total. The maximum absolute atomic E-state index is 5.58. The fraction of sp³-hybridized carbons (Fsp3) is 0.692. The van der Waals surface area contributed by atoms with Crippen LogP contribution in [-0.4, -0.2) is 23.6 Å². The van der Waals surface area contributed by atoms with Crippen LogP contribution in [-0.2, 0) is 23.3 Å². The van der Waals surface area contributed by atoms with Crippen molar-refractivity contribution in [2.75, 3.05) is 13.7 Å². The second-order valence-electron chi connectivity index (χ2n) is 4.77. The molecular formula is C13H21N3O. The summed E-state index contributed by atoms with van der Waals surface area (Å²) in [4.78, 5) is 9.34. The molecule has 0 amide bonds. The van der Waals surface area contributed by atoms with Gasteiger partial charge in [0.15, 0.2) is 5.82 Å². The number of fused-ring (bicyclic) bond motifs is 1. The van der Waals surface area contributed by atoms with Gasteiger partial charge in [0.2, 0.25) is 0 Å². The van der Waals surface area contributed by atoms with Gasteiger partial charge >= 0.3 is 0 Å². The van der Waals surface area contributed by atoms with Crippen LogP contribution >= 0.6 is 0 Å². The molecule has 0 bridgehead atoms. The van der Waals surface area contributed by atoms with Crippen LogP contribution in [0.15, 0.2) is 0 Å². The summed E-state index contributed by atoms with van der Waals surface area (Å²) >= 11 is 0. The largest absolute Gasteiger partial charge is 0.371 e. The highest BCUT2D eigenvalue weighted by molar-refractivity contribution is 5.28. The van der Waals surface area contributed by atoms with Gasteiger partial charge in [-0.3, -0.25) is 0 Å². The Bertz CT molecular complexity index is 413. The van der Waals surface area contributed by atoms with Gasteiger partial charge in [0.1, 0.15) is 5.60 Å². The smallest absolute Gasteiger partial charge is 0.160 e. The number of hydrogen-bond donors (Lipinski definition) is 1. The number of methoxy groups -OCH3 is 1. The first kappa shape index (κ1) is 12.5. The topological polar surface area (TPSA) is 47.0 Å². The third-order valence-electron chi connectivity index (χ3n) is 3.74. The van der Waals surface area contributed by atoms with Gasteiger partial charge in [-0.15, -0.1) is 0 Å². The van der Waals surface area contributed by atoms with E-state index in [0.717, 1.165) is 37.4 Å². The fourth-order valence-corrected chi connectivity index (χ4v) is 2.14. The maximum Gasteiger partial charge on any atom is 0.160 e. The van der Waals surface area contributed by atoms with Crippen molar-refractivity contribution in [3.8, 4) is 0 Å². The molecule has 1 unspecified atom stereocenters. The molecule has 17 heavy (non-hydrogen) atoms. The lowest BCUT2D eigenvalue weighted by molar-refractivity contribution is -0.00936. The molecular weight excluding hydrogens is 214 g/mol. The van der Waals surface area contributed by atoms with E-state index in [1.165, 1.54) is 11.3 Å². The molecule has 2 heterocycles. The molecule has 0 spiro atoms. The Hall–Kier alpha value is -1.00. The minimum absolute atomic E-state index is 0.370. The highest BCUT2D eigenvalue weighted by atomic mass is 16.5. The maximum atomic E-state index is 5.58. The number of ether oxygens (including phenoxy) is 1. The van der Waals surface area contributed by atoms with Crippen LogP contribution in [0, 0.1) is 6.92 Å². The van der Waals surface area contributed by atoms with Crippen molar-refractivity contribution in [1.82, 2.24) is 15.3 Å². The zero-order chi connectivity index (χ0) is 12.5. The second kappa shape index (κ2) is 4.70. The lowest BCUT2D eigenvalue weighted by Gasteiger charge is -2.27. The molecule has 1 aliphatic rings. The molecule has 0 saturated heterocycles. The molecule has 0 fully saturated rings. The SMILES string of the molecule is CCC(C)(OC)c1nc(C)c2c(n1)CCNC2. The quantitative estimate of drug-likeness (QED) is 0.866.